The first-order valence-corrected chi connectivity index (χ1v) is 23.7. The predicted octanol–water partition coefficient (Wildman–Crippen LogP) is 12.1. The molecule has 0 aliphatic carbocycles. The van der Waals surface area contributed by atoms with E-state index in [0.717, 1.165) is 38.5 Å². The van der Waals surface area contributed by atoms with Gasteiger partial charge < -0.3 is 19.8 Å². The Morgan fingerprint density at radius 3 is 1.51 bits per heavy atom. The second kappa shape index (κ2) is 36.6. The van der Waals surface area contributed by atoms with Crippen LogP contribution in [-0.4, -0.2) is 73.4 Å². The molecule has 0 saturated carbocycles. The Balaban J connectivity index is 4.23. The highest BCUT2D eigenvalue weighted by Crippen LogP contribution is 2.43. The Morgan fingerprint density at radius 2 is 1.04 bits per heavy atom. The summed E-state index contributed by atoms with van der Waals surface area (Å²) in [6, 6.07) is -0.856. The van der Waals surface area contributed by atoms with Crippen LogP contribution in [0.4, 0.5) is 0 Å². The van der Waals surface area contributed by atoms with Gasteiger partial charge in [0, 0.05) is 6.42 Å². The number of aliphatic hydroxyl groups is 1. The van der Waals surface area contributed by atoms with Crippen LogP contribution < -0.4 is 5.32 Å². The van der Waals surface area contributed by atoms with Crippen molar-refractivity contribution in [3.63, 3.8) is 0 Å². The molecule has 0 saturated heterocycles. The van der Waals surface area contributed by atoms with Gasteiger partial charge in [0.1, 0.15) is 13.2 Å². The lowest BCUT2D eigenvalue weighted by molar-refractivity contribution is -0.870. The minimum atomic E-state index is -4.33. The van der Waals surface area contributed by atoms with E-state index in [1.165, 1.54) is 141 Å². The maximum absolute atomic E-state index is 12.7. The first-order valence-electron chi connectivity index (χ1n) is 22.2. The van der Waals surface area contributed by atoms with Crippen molar-refractivity contribution >= 4 is 13.7 Å². The lowest BCUT2D eigenvalue weighted by atomic mass is 10.0. The molecule has 0 heterocycles. The van der Waals surface area contributed by atoms with Crippen molar-refractivity contribution in [2.75, 3.05) is 40.9 Å². The zero-order valence-corrected chi connectivity index (χ0v) is 36.4. The molecule has 3 unspecified atom stereocenters. The average Bonchev–Trinajstić information content (AvgIpc) is 3.10. The first-order chi connectivity index (χ1) is 25.5. The monoisotopic (exact) mass is 772 g/mol. The molecule has 1 amide bonds. The number of carbonyl (C=O) groups is 1. The van der Waals surface area contributed by atoms with Gasteiger partial charge in [0.25, 0.3) is 0 Å². The number of phosphoric ester groups is 1. The first kappa shape index (κ1) is 52.0. The highest BCUT2D eigenvalue weighted by molar-refractivity contribution is 7.47. The molecule has 0 rings (SSSR count). The van der Waals surface area contributed by atoms with Gasteiger partial charge in [-0.1, -0.05) is 186 Å². The van der Waals surface area contributed by atoms with E-state index >= 15 is 0 Å². The lowest BCUT2D eigenvalue weighted by Gasteiger charge is -2.25. The smallest absolute Gasteiger partial charge is 0.387 e. The molecule has 9 heteroatoms. The molecule has 0 aromatic heterocycles. The van der Waals surface area contributed by atoms with Crippen LogP contribution in [0.25, 0.3) is 0 Å². The second-order valence-corrected chi connectivity index (χ2v) is 17.9. The molecular formula is C44H88N2O6P+. The molecule has 0 radical (unpaired) electrons. The number of phosphoric acid groups is 1. The topological polar surface area (TPSA) is 105 Å². The second-order valence-electron chi connectivity index (χ2n) is 16.4. The van der Waals surface area contributed by atoms with E-state index in [-0.39, 0.29) is 19.1 Å². The number of nitrogens with zero attached hydrogens (tertiary/aromatic N) is 1. The number of quaternary nitrogens is 1. The number of likely N-dealkylation sites (N-methyl/N-ethyl adjacent to an activating group) is 1. The van der Waals surface area contributed by atoms with Crippen LogP contribution in [0.15, 0.2) is 24.3 Å². The normalized spacial score (nSPS) is 14.6. The number of carbonyl (C=O) groups excluding carboxylic acids is 1. The van der Waals surface area contributed by atoms with Crippen molar-refractivity contribution in [3.05, 3.63) is 24.3 Å². The summed E-state index contributed by atoms with van der Waals surface area (Å²) >= 11 is 0. The third kappa shape index (κ3) is 39.0. The summed E-state index contributed by atoms with van der Waals surface area (Å²) in [6.45, 7) is 4.75. The van der Waals surface area contributed by atoms with E-state index in [1.807, 2.05) is 27.2 Å². The molecule has 3 atom stereocenters. The average molecular weight is 772 g/mol. The Labute approximate surface area is 328 Å². The van der Waals surface area contributed by atoms with Gasteiger partial charge in [0.05, 0.1) is 39.9 Å². The predicted molar refractivity (Wildman–Crippen MR) is 226 cm³/mol. The molecule has 314 valence electrons. The van der Waals surface area contributed by atoms with Crippen molar-refractivity contribution in [2.45, 2.75) is 212 Å². The fourth-order valence-corrected chi connectivity index (χ4v) is 7.09. The molecule has 0 fully saturated rings. The van der Waals surface area contributed by atoms with E-state index in [2.05, 4.69) is 31.3 Å². The van der Waals surface area contributed by atoms with E-state index in [0.29, 0.717) is 17.4 Å². The number of rotatable bonds is 40. The van der Waals surface area contributed by atoms with Gasteiger partial charge in [-0.25, -0.2) is 4.57 Å². The van der Waals surface area contributed by atoms with Gasteiger partial charge in [0.2, 0.25) is 5.91 Å². The zero-order valence-electron chi connectivity index (χ0n) is 35.5. The van der Waals surface area contributed by atoms with Gasteiger partial charge in [-0.3, -0.25) is 13.8 Å². The molecule has 0 aliphatic rings. The van der Waals surface area contributed by atoms with Crippen LogP contribution in [0.5, 0.6) is 0 Å². The number of aliphatic hydroxyl groups excluding tert-OH is 1. The largest absolute Gasteiger partial charge is 0.472 e. The minimum absolute atomic E-state index is 0.0576. The molecule has 53 heavy (non-hydrogen) atoms. The van der Waals surface area contributed by atoms with E-state index in [9.17, 15) is 19.4 Å². The summed E-state index contributed by atoms with van der Waals surface area (Å²) in [5, 5.41) is 13.7. The Bertz CT molecular complexity index is 922. The molecule has 3 N–H and O–H groups in total. The van der Waals surface area contributed by atoms with Gasteiger partial charge >= 0.3 is 7.82 Å². The van der Waals surface area contributed by atoms with Crippen molar-refractivity contribution in [1.82, 2.24) is 5.32 Å². The van der Waals surface area contributed by atoms with E-state index in [1.54, 1.807) is 6.08 Å². The maximum atomic E-state index is 12.7. The number of unbranched alkanes of at least 4 members (excludes halogenated alkanes) is 25. The molecule has 0 bridgehead atoms. The van der Waals surface area contributed by atoms with Gasteiger partial charge in [-0.05, 0) is 32.1 Å². The summed E-state index contributed by atoms with van der Waals surface area (Å²) in [4.78, 5) is 22.9. The summed E-state index contributed by atoms with van der Waals surface area (Å²) < 4.78 is 23.4. The minimum Gasteiger partial charge on any atom is -0.387 e. The summed E-state index contributed by atoms with van der Waals surface area (Å²) in [5.41, 5.74) is 0. The van der Waals surface area contributed by atoms with Crippen LogP contribution in [0.3, 0.4) is 0 Å². The number of nitrogens with one attached hydrogen (secondary N) is 1. The van der Waals surface area contributed by atoms with Gasteiger partial charge in [0.15, 0.2) is 0 Å². The molecule has 8 nitrogen and oxygen atoms in total. The molecule has 0 aromatic carbocycles. The van der Waals surface area contributed by atoms with Gasteiger partial charge in [-0.2, -0.15) is 0 Å². The van der Waals surface area contributed by atoms with Crippen LogP contribution in [-0.2, 0) is 18.4 Å². The van der Waals surface area contributed by atoms with E-state index in [4.69, 9.17) is 9.05 Å². The standard InChI is InChI=1S/C44H87N2O6P/c1-6-8-10-12-14-15-16-17-18-19-20-21-22-23-24-25-26-27-28-29-30-32-33-35-37-43(47)42(41-52-53(49,50)51-40-39-46(3,4)5)45-44(48)38-36-34-31-13-11-9-7-2/h29-30,35,37,42-43,47H,6-28,31-34,36,38-41H2,1-5H3,(H-,45,48,49,50)/p+1/b30-29+,37-35+. The number of amides is 1. The molecule has 0 aliphatic heterocycles. The molecule has 0 aromatic rings. The summed E-state index contributed by atoms with van der Waals surface area (Å²) in [7, 11) is 1.56. The highest BCUT2D eigenvalue weighted by Gasteiger charge is 2.27. The number of hydrogen-bond donors (Lipinski definition) is 3. The fourth-order valence-electron chi connectivity index (χ4n) is 6.35. The quantitative estimate of drug-likeness (QED) is 0.0248. The molecular weight excluding hydrogens is 683 g/mol. The van der Waals surface area contributed by atoms with Crippen LogP contribution in [0.2, 0.25) is 0 Å². The summed E-state index contributed by atoms with van der Waals surface area (Å²) in [5.74, 6) is -0.194. The van der Waals surface area contributed by atoms with Gasteiger partial charge in [-0.15, -0.1) is 0 Å². The maximum Gasteiger partial charge on any atom is 0.472 e. The molecule has 0 spiro atoms. The van der Waals surface area contributed by atoms with Crippen LogP contribution in [0.1, 0.15) is 200 Å². The van der Waals surface area contributed by atoms with Crippen molar-refractivity contribution in [1.29, 1.82) is 0 Å². The lowest BCUT2D eigenvalue weighted by Crippen LogP contribution is -2.45. The number of hydrogen-bond acceptors (Lipinski definition) is 5. The van der Waals surface area contributed by atoms with Crippen molar-refractivity contribution in [3.8, 4) is 0 Å². The number of allylic oxidation sites excluding steroid dienone is 3. The Kier molecular flexibility index (Phi) is 35.9. The zero-order chi connectivity index (χ0) is 39.3. The Morgan fingerprint density at radius 1 is 0.623 bits per heavy atom. The highest BCUT2D eigenvalue weighted by atomic mass is 31.2. The Hall–Kier alpha value is -1.02. The summed E-state index contributed by atoms with van der Waals surface area (Å²) in [6.07, 6.45) is 42.8. The SMILES string of the molecule is CCCCCCCCCCCCCCCCCCCC/C=C/CC/C=C/C(O)C(COP(=O)(O)OCC[N+](C)(C)C)NC(=O)CCCCCCCCC. The van der Waals surface area contributed by atoms with Crippen LogP contribution in [0, 0.1) is 0 Å². The van der Waals surface area contributed by atoms with Crippen molar-refractivity contribution in [2.24, 2.45) is 0 Å². The van der Waals surface area contributed by atoms with Crippen molar-refractivity contribution < 1.29 is 32.9 Å². The van der Waals surface area contributed by atoms with Crippen LogP contribution >= 0.6 is 7.82 Å². The third-order valence-corrected chi connectivity index (χ3v) is 10.9. The van der Waals surface area contributed by atoms with E-state index < -0.39 is 20.0 Å². The fraction of sp³-hybridized carbons (Fsp3) is 0.886. The third-order valence-electron chi connectivity index (χ3n) is 9.92.